The predicted octanol–water partition coefficient (Wildman–Crippen LogP) is 4.61. The Morgan fingerprint density at radius 2 is 1.69 bits per heavy atom. The summed E-state index contributed by atoms with van der Waals surface area (Å²) in [5, 5.41) is 0. The monoisotopic (exact) mass is 196 g/mol. The molecule has 0 amide bonds. The SMILES string of the molecule is CCCCC[Si]1(C)CCC=CCC1. The minimum absolute atomic E-state index is 0.787. The largest absolute Gasteiger partial charge is 0.0888 e. The van der Waals surface area contributed by atoms with Gasteiger partial charge in [-0.05, 0) is 12.8 Å². The van der Waals surface area contributed by atoms with Gasteiger partial charge in [-0.25, -0.2) is 0 Å². The van der Waals surface area contributed by atoms with Crippen molar-refractivity contribution in [1.82, 2.24) is 0 Å². The fourth-order valence-electron chi connectivity index (χ4n) is 2.28. The summed E-state index contributed by atoms with van der Waals surface area (Å²) >= 11 is 0. The first-order valence-electron chi connectivity index (χ1n) is 5.92. The molecule has 0 aliphatic carbocycles. The molecule has 0 aromatic heterocycles. The number of unbranched alkanes of at least 4 members (excludes halogenated alkanes) is 2. The molecule has 1 rings (SSSR count). The van der Waals surface area contributed by atoms with Crippen molar-refractivity contribution in [3.8, 4) is 0 Å². The zero-order valence-corrected chi connectivity index (χ0v) is 10.3. The molecule has 0 atom stereocenters. The van der Waals surface area contributed by atoms with Crippen LogP contribution in [0, 0.1) is 0 Å². The van der Waals surface area contributed by atoms with E-state index in [0.717, 1.165) is 0 Å². The second-order valence-electron chi connectivity index (χ2n) is 4.82. The Labute approximate surface area is 84.4 Å². The summed E-state index contributed by atoms with van der Waals surface area (Å²) in [6.45, 7) is 4.92. The van der Waals surface area contributed by atoms with E-state index in [-0.39, 0.29) is 0 Å². The molecule has 1 aliphatic heterocycles. The van der Waals surface area contributed by atoms with Gasteiger partial charge < -0.3 is 0 Å². The fraction of sp³-hybridized carbons (Fsp3) is 0.833. The highest BCUT2D eigenvalue weighted by Crippen LogP contribution is 2.29. The Hall–Kier alpha value is -0.0431. The Bertz CT molecular complexity index is 151. The third kappa shape index (κ3) is 4.12. The van der Waals surface area contributed by atoms with Crippen LogP contribution >= 0.6 is 0 Å². The second kappa shape index (κ2) is 5.64. The molecule has 1 aliphatic rings. The molecular weight excluding hydrogens is 172 g/mol. The smallest absolute Gasteiger partial charge is 0.0510 e. The minimum Gasteiger partial charge on any atom is -0.0888 e. The average Bonchev–Trinajstić information content (AvgIpc) is 2.31. The van der Waals surface area contributed by atoms with E-state index in [1.807, 2.05) is 0 Å². The highest BCUT2D eigenvalue weighted by molar-refractivity contribution is 6.78. The third-order valence-corrected chi connectivity index (χ3v) is 7.93. The molecule has 0 saturated carbocycles. The van der Waals surface area contributed by atoms with Gasteiger partial charge in [0.1, 0.15) is 0 Å². The topological polar surface area (TPSA) is 0 Å². The Morgan fingerprint density at radius 1 is 1.08 bits per heavy atom. The Balaban J connectivity index is 2.27. The van der Waals surface area contributed by atoms with E-state index in [1.54, 1.807) is 18.1 Å². The van der Waals surface area contributed by atoms with Gasteiger partial charge in [0.2, 0.25) is 0 Å². The molecule has 1 heterocycles. The van der Waals surface area contributed by atoms with Gasteiger partial charge >= 0.3 is 0 Å². The quantitative estimate of drug-likeness (QED) is 0.350. The van der Waals surface area contributed by atoms with Crippen LogP contribution < -0.4 is 0 Å². The molecule has 0 aromatic rings. The van der Waals surface area contributed by atoms with E-state index in [1.165, 1.54) is 32.1 Å². The summed E-state index contributed by atoms with van der Waals surface area (Å²) in [6.07, 6.45) is 11.9. The van der Waals surface area contributed by atoms with Gasteiger partial charge in [0.05, 0.1) is 8.07 Å². The molecule has 0 bridgehead atoms. The fourth-order valence-corrected chi connectivity index (χ4v) is 5.86. The van der Waals surface area contributed by atoms with Crippen molar-refractivity contribution >= 4 is 8.07 Å². The molecule has 1 heteroatoms. The third-order valence-electron chi connectivity index (χ3n) is 3.38. The zero-order valence-electron chi connectivity index (χ0n) is 9.31. The van der Waals surface area contributed by atoms with Crippen molar-refractivity contribution in [1.29, 1.82) is 0 Å². The first-order valence-corrected chi connectivity index (χ1v) is 9.04. The Morgan fingerprint density at radius 3 is 2.23 bits per heavy atom. The average molecular weight is 196 g/mol. The maximum Gasteiger partial charge on any atom is 0.0510 e. The zero-order chi connectivity index (χ0) is 9.57. The lowest BCUT2D eigenvalue weighted by Crippen LogP contribution is -2.28. The first-order chi connectivity index (χ1) is 6.27. The van der Waals surface area contributed by atoms with Gasteiger partial charge in [-0.15, -0.1) is 0 Å². The molecule has 13 heavy (non-hydrogen) atoms. The van der Waals surface area contributed by atoms with Crippen LogP contribution in [0.25, 0.3) is 0 Å². The highest BCUT2D eigenvalue weighted by atomic mass is 28.3. The van der Waals surface area contributed by atoms with Crippen LogP contribution in [0.2, 0.25) is 24.7 Å². The molecule has 0 unspecified atom stereocenters. The van der Waals surface area contributed by atoms with Gasteiger partial charge in [0.25, 0.3) is 0 Å². The van der Waals surface area contributed by atoms with Crippen molar-refractivity contribution in [2.45, 2.75) is 63.7 Å². The molecule has 0 spiro atoms. The summed E-state index contributed by atoms with van der Waals surface area (Å²) in [5.41, 5.74) is 0. The van der Waals surface area contributed by atoms with E-state index < -0.39 is 8.07 Å². The maximum atomic E-state index is 2.62. The first kappa shape index (κ1) is 11.0. The molecule has 0 aromatic carbocycles. The summed E-state index contributed by atoms with van der Waals surface area (Å²) in [7, 11) is -0.787. The van der Waals surface area contributed by atoms with Crippen LogP contribution in [0.4, 0.5) is 0 Å². The van der Waals surface area contributed by atoms with Crippen LogP contribution in [0.3, 0.4) is 0 Å². The van der Waals surface area contributed by atoms with Gasteiger partial charge in [0, 0.05) is 0 Å². The molecule has 76 valence electrons. The van der Waals surface area contributed by atoms with Gasteiger partial charge in [-0.1, -0.05) is 63.0 Å². The predicted molar refractivity (Wildman–Crippen MR) is 63.9 cm³/mol. The second-order valence-corrected chi connectivity index (χ2v) is 9.94. The summed E-state index contributed by atoms with van der Waals surface area (Å²) in [5.74, 6) is 0. The number of hydrogen-bond acceptors (Lipinski definition) is 0. The lowest BCUT2D eigenvalue weighted by atomic mass is 10.3. The van der Waals surface area contributed by atoms with Crippen LogP contribution in [0.15, 0.2) is 12.2 Å². The number of allylic oxidation sites excluding steroid dienone is 2. The van der Waals surface area contributed by atoms with Crippen LogP contribution in [-0.2, 0) is 0 Å². The van der Waals surface area contributed by atoms with E-state index >= 15 is 0 Å². The molecular formula is C12H24Si. The van der Waals surface area contributed by atoms with E-state index in [9.17, 15) is 0 Å². The van der Waals surface area contributed by atoms with Crippen LogP contribution in [0.5, 0.6) is 0 Å². The standard InChI is InChI=1S/C12H24Si/c1-3-4-7-10-13(2)11-8-5-6-9-12-13/h5-6H,3-4,7-12H2,1-2H3. The van der Waals surface area contributed by atoms with Gasteiger partial charge in [-0.2, -0.15) is 0 Å². The van der Waals surface area contributed by atoms with E-state index in [2.05, 4.69) is 25.6 Å². The number of rotatable bonds is 4. The van der Waals surface area contributed by atoms with Gasteiger partial charge in [-0.3, -0.25) is 0 Å². The highest BCUT2D eigenvalue weighted by Gasteiger charge is 2.25. The van der Waals surface area contributed by atoms with Crippen LogP contribution in [0.1, 0.15) is 39.0 Å². The molecule has 0 N–H and O–H groups in total. The summed E-state index contributed by atoms with van der Waals surface area (Å²) in [6, 6.07) is 4.68. The Kier molecular flexibility index (Phi) is 4.79. The van der Waals surface area contributed by atoms with Gasteiger partial charge in [0.15, 0.2) is 0 Å². The van der Waals surface area contributed by atoms with Crippen molar-refractivity contribution in [3.63, 3.8) is 0 Å². The van der Waals surface area contributed by atoms with Crippen LogP contribution in [-0.4, -0.2) is 8.07 Å². The van der Waals surface area contributed by atoms with Crippen molar-refractivity contribution in [3.05, 3.63) is 12.2 Å². The summed E-state index contributed by atoms with van der Waals surface area (Å²) in [4.78, 5) is 0. The molecule has 0 saturated heterocycles. The molecule has 0 radical (unpaired) electrons. The van der Waals surface area contributed by atoms with E-state index in [4.69, 9.17) is 0 Å². The van der Waals surface area contributed by atoms with Crippen molar-refractivity contribution in [2.24, 2.45) is 0 Å². The summed E-state index contributed by atoms with van der Waals surface area (Å²) < 4.78 is 0. The van der Waals surface area contributed by atoms with E-state index in [0.29, 0.717) is 0 Å². The minimum atomic E-state index is -0.787. The lowest BCUT2D eigenvalue weighted by Gasteiger charge is -2.25. The van der Waals surface area contributed by atoms with Crippen molar-refractivity contribution in [2.75, 3.05) is 0 Å². The normalized spacial score (nSPS) is 21.4. The lowest BCUT2D eigenvalue weighted by molar-refractivity contribution is 0.757. The molecule has 0 nitrogen and oxygen atoms in total. The maximum absolute atomic E-state index is 2.62. The number of hydrogen-bond donors (Lipinski definition) is 0. The van der Waals surface area contributed by atoms with Crippen molar-refractivity contribution < 1.29 is 0 Å². The molecule has 0 fully saturated rings.